The number of carboxylic acid groups (broad SMARTS) is 4. The Kier molecular flexibility index (Phi) is 9.72. The molecular weight excluding hydrogens is 608 g/mol. The molecule has 1 aromatic rings. The second-order valence-electron chi connectivity index (χ2n) is 10.2. The molecule has 0 bridgehead atoms. The van der Waals surface area contributed by atoms with E-state index in [4.69, 9.17) is 19.3 Å². The zero-order valence-electron chi connectivity index (χ0n) is 23.0. The second kappa shape index (κ2) is 13.3. The van der Waals surface area contributed by atoms with Gasteiger partial charge in [0.15, 0.2) is 17.5 Å². The highest BCUT2D eigenvalue weighted by atomic mass is 16.7. The van der Waals surface area contributed by atoms with E-state index >= 15 is 0 Å². The van der Waals surface area contributed by atoms with Crippen LogP contribution in [0.15, 0.2) is 41.1 Å². The Balaban J connectivity index is 1.55. The van der Waals surface area contributed by atoms with Crippen LogP contribution in [0.1, 0.15) is 18.4 Å². The molecule has 3 aliphatic rings. The first kappa shape index (κ1) is 32.9. The molecule has 1 fully saturated rings. The van der Waals surface area contributed by atoms with Gasteiger partial charge in [0.1, 0.15) is 49.2 Å². The molecular formula is C27H28N2O16. The van der Waals surface area contributed by atoms with Crippen LogP contribution < -0.4 is 9.64 Å². The number of allylic oxidation sites excluding steroid dienone is 1. The third-order valence-electron chi connectivity index (χ3n) is 7.09. The molecule has 8 N–H and O–H groups in total. The Bertz CT molecular complexity index is 1480. The zero-order valence-corrected chi connectivity index (χ0v) is 23.0. The lowest BCUT2D eigenvalue weighted by atomic mass is 9.99. The van der Waals surface area contributed by atoms with Gasteiger partial charge < -0.3 is 60.0 Å². The lowest BCUT2D eigenvalue weighted by Gasteiger charge is -2.40. The number of phenolic OH excluding ortho intramolecular Hbond substituents is 1. The molecule has 0 radical (unpaired) electrons. The minimum Gasteiger partial charge on any atom is -0.504 e. The van der Waals surface area contributed by atoms with Gasteiger partial charge in [0, 0.05) is 30.8 Å². The summed E-state index contributed by atoms with van der Waals surface area (Å²) in [7, 11) is 0. The number of aliphatic hydroxyl groups excluding tert-OH is 3. The van der Waals surface area contributed by atoms with Gasteiger partial charge in [-0.05, 0) is 29.4 Å². The van der Waals surface area contributed by atoms with Crippen LogP contribution in [-0.2, 0) is 39.9 Å². The van der Waals surface area contributed by atoms with E-state index in [2.05, 4.69) is 4.99 Å². The molecule has 18 heteroatoms. The zero-order chi connectivity index (χ0) is 33.2. The van der Waals surface area contributed by atoms with Crippen molar-refractivity contribution in [3.05, 3.63) is 41.6 Å². The Morgan fingerprint density at radius 2 is 1.69 bits per heavy atom. The van der Waals surface area contributed by atoms with Crippen molar-refractivity contribution in [3.8, 4) is 11.5 Å². The van der Waals surface area contributed by atoms with Crippen LogP contribution in [0.4, 0.5) is 5.69 Å². The van der Waals surface area contributed by atoms with Gasteiger partial charge in [0.25, 0.3) is 0 Å². The molecule has 242 valence electrons. The molecule has 3 aliphatic heterocycles. The van der Waals surface area contributed by atoms with Crippen molar-refractivity contribution in [1.82, 2.24) is 0 Å². The highest BCUT2D eigenvalue weighted by Gasteiger charge is 2.46. The number of anilines is 1. The van der Waals surface area contributed by atoms with E-state index in [0.29, 0.717) is 5.56 Å². The number of aliphatic hydroxyl groups is 3. The fourth-order valence-corrected chi connectivity index (χ4v) is 4.85. The third-order valence-corrected chi connectivity index (χ3v) is 7.09. The molecule has 3 heterocycles. The number of benzene rings is 1. The SMILES string of the molecule is O=C(O)CC(=O)OCC1OC(Oc2cc3c(cc2O)N(C=CC2=CC(C(=O)O)=NC(C(=O)O)C2)C(C(=O)O)C3)C(O)C(O)C1O. The molecule has 7 unspecified atom stereocenters. The van der Waals surface area contributed by atoms with Crippen LogP contribution in [0, 0.1) is 0 Å². The smallest absolute Gasteiger partial charge is 0.354 e. The Labute approximate surface area is 252 Å². The number of esters is 1. The fourth-order valence-electron chi connectivity index (χ4n) is 4.85. The predicted molar refractivity (Wildman–Crippen MR) is 145 cm³/mol. The summed E-state index contributed by atoms with van der Waals surface area (Å²) in [6.07, 6.45) is -6.21. The van der Waals surface area contributed by atoms with Crippen molar-refractivity contribution >= 4 is 41.2 Å². The molecule has 0 aromatic heterocycles. The molecule has 7 atom stereocenters. The van der Waals surface area contributed by atoms with Crippen LogP contribution in [-0.4, -0.2) is 126 Å². The topological polar surface area (TPSA) is 290 Å². The average Bonchev–Trinajstić information content (AvgIpc) is 3.32. The quantitative estimate of drug-likeness (QED) is 0.0985. The van der Waals surface area contributed by atoms with Gasteiger partial charge in [-0.25, -0.2) is 14.4 Å². The predicted octanol–water partition coefficient (Wildman–Crippen LogP) is -1.77. The summed E-state index contributed by atoms with van der Waals surface area (Å²) in [5.41, 5.74) is 0.281. The Hall–Kier alpha value is -5.04. The summed E-state index contributed by atoms with van der Waals surface area (Å²) < 4.78 is 15.7. The number of hydrogen-bond acceptors (Lipinski definition) is 14. The minimum atomic E-state index is -1.87. The molecule has 4 rings (SSSR count). The van der Waals surface area contributed by atoms with Crippen molar-refractivity contribution in [2.45, 2.75) is 62.1 Å². The number of aromatic hydroxyl groups is 1. The van der Waals surface area contributed by atoms with E-state index in [1.807, 2.05) is 0 Å². The standard InChI is InChI=1S/C27H28N2O16/c30-16-7-14-11(5-15(26(41)42)29(14)2-1-10-3-12(24(37)38)28-13(4-10)25(39)40)6-17(16)44-27-23(36)22(35)21(34)18(45-27)9-43-20(33)8-19(31)32/h1-3,6-7,13,15,18,21-23,27,30,34-36H,4-5,8-9H2,(H,31,32)(H,37,38)(H,39,40)(H,41,42). The first-order chi connectivity index (χ1) is 21.2. The van der Waals surface area contributed by atoms with E-state index in [9.17, 15) is 59.7 Å². The first-order valence-corrected chi connectivity index (χ1v) is 13.2. The third kappa shape index (κ3) is 7.37. The van der Waals surface area contributed by atoms with Gasteiger partial charge >= 0.3 is 29.8 Å². The van der Waals surface area contributed by atoms with Crippen LogP contribution in [0.3, 0.4) is 0 Å². The summed E-state index contributed by atoms with van der Waals surface area (Å²) in [5.74, 6) is -7.57. The summed E-state index contributed by atoms with van der Waals surface area (Å²) >= 11 is 0. The number of ether oxygens (including phenoxy) is 3. The van der Waals surface area contributed by atoms with Gasteiger partial charge in [0.2, 0.25) is 6.29 Å². The van der Waals surface area contributed by atoms with Crippen LogP contribution in [0.5, 0.6) is 11.5 Å². The maximum Gasteiger partial charge on any atom is 0.354 e. The van der Waals surface area contributed by atoms with Gasteiger partial charge in [-0.1, -0.05) is 0 Å². The fraction of sp³-hybridized carbons (Fsp3) is 0.407. The number of dihydropyridines is 1. The number of carboxylic acids is 4. The van der Waals surface area contributed by atoms with Crippen molar-refractivity contribution in [1.29, 1.82) is 0 Å². The first-order valence-electron chi connectivity index (χ1n) is 13.2. The highest BCUT2D eigenvalue weighted by Crippen LogP contribution is 2.42. The molecule has 0 amide bonds. The number of fused-ring (bicyclic) bond motifs is 1. The van der Waals surface area contributed by atoms with Crippen LogP contribution in [0.2, 0.25) is 0 Å². The molecule has 0 saturated carbocycles. The Morgan fingerprint density at radius 3 is 2.31 bits per heavy atom. The number of carbonyl (C=O) groups excluding carboxylic acids is 1. The normalized spacial score (nSPS) is 27.7. The number of aliphatic imine (C=N–C) groups is 1. The number of nitrogens with zero attached hydrogens (tertiary/aromatic N) is 2. The van der Waals surface area contributed by atoms with Gasteiger partial charge in [-0.2, -0.15) is 0 Å². The monoisotopic (exact) mass is 636 g/mol. The van der Waals surface area contributed by atoms with Crippen LogP contribution in [0.25, 0.3) is 0 Å². The summed E-state index contributed by atoms with van der Waals surface area (Å²) in [5, 5.41) is 78.8. The lowest BCUT2D eigenvalue weighted by molar-refractivity contribution is -0.278. The number of phenols is 1. The molecule has 1 aromatic carbocycles. The highest BCUT2D eigenvalue weighted by molar-refractivity contribution is 6.41. The summed E-state index contributed by atoms with van der Waals surface area (Å²) in [4.78, 5) is 62.1. The molecule has 1 saturated heterocycles. The summed E-state index contributed by atoms with van der Waals surface area (Å²) in [6.45, 7) is -0.710. The van der Waals surface area contributed by atoms with Crippen LogP contribution >= 0.6 is 0 Å². The summed E-state index contributed by atoms with van der Waals surface area (Å²) in [6, 6.07) is -0.182. The molecule has 18 nitrogen and oxygen atoms in total. The van der Waals surface area contributed by atoms with E-state index in [0.717, 1.165) is 12.1 Å². The maximum absolute atomic E-state index is 12.1. The number of aliphatic carboxylic acids is 4. The van der Waals surface area contributed by atoms with Crippen molar-refractivity contribution in [3.63, 3.8) is 0 Å². The second-order valence-corrected chi connectivity index (χ2v) is 10.2. The molecule has 0 spiro atoms. The van der Waals surface area contributed by atoms with Crippen molar-refractivity contribution < 1.29 is 79.0 Å². The van der Waals surface area contributed by atoms with E-state index in [1.54, 1.807) is 0 Å². The number of hydrogen-bond donors (Lipinski definition) is 8. The van der Waals surface area contributed by atoms with Gasteiger partial charge in [-0.15, -0.1) is 0 Å². The van der Waals surface area contributed by atoms with Gasteiger partial charge in [0.05, 0.1) is 0 Å². The molecule has 45 heavy (non-hydrogen) atoms. The van der Waals surface area contributed by atoms with E-state index in [1.165, 1.54) is 23.2 Å². The van der Waals surface area contributed by atoms with E-state index < -0.39 is 97.1 Å². The van der Waals surface area contributed by atoms with Gasteiger partial charge in [-0.3, -0.25) is 14.6 Å². The van der Waals surface area contributed by atoms with E-state index in [-0.39, 0.29) is 29.9 Å². The average molecular weight is 637 g/mol. The number of rotatable bonds is 11. The largest absolute Gasteiger partial charge is 0.504 e. The lowest BCUT2D eigenvalue weighted by Crippen LogP contribution is -2.60. The maximum atomic E-state index is 12.1. The molecule has 0 aliphatic carbocycles. The van der Waals surface area contributed by atoms with Crippen molar-refractivity contribution in [2.24, 2.45) is 4.99 Å². The van der Waals surface area contributed by atoms with Crippen molar-refractivity contribution in [2.75, 3.05) is 11.5 Å². The number of carbonyl (C=O) groups is 5. The minimum absolute atomic E-state index is 0.123. The Morgan fingerprint density at radius 1 is 0.978 bits per heavy atom.